The van der Waals surface area contributed by atoms with Crippen LogP contribution in [-0.4, -0.2) is 37.7 Å². The molecule has 5 aromatic rings. The molecule has 0 aliphatic carbocycles. The van der Waals surface area contributed by atoms with Crippen LogP contribution in [0.25, 0.3) is 23.0 Å². The van der Waals surface area contributed by atoms with Crippen LogP contribution >= 0.6 is 0 Å². The summed E-state index contributed by atoms with van der Waals surface area (Å²) in [4.78, 5) is 25.5. The number of carbonyl (C=O) groups excluding carboxylic acids is 1. The summed E-state index contributed by atoms with van der Waals surface area (Å²) in [7, 11) is 0. The minimum absolute atomic E-state index is 0.0659. The number of fused-ring (bicyclic) bond motifs is 1. The first kappa shape index (κ1) is 24.3. The highest BCUT2D eigenvalue weighted by Crippen LogP contribution is 2.34. The Balaban J connectivity index is 1.36. The zero-order valence-corrected chi connectivity index (χ0v) is 21.0. The van der Waals surface area contributed by atoms with Crippen molar-refractivity contribution in [1.82, 2.24) is 25.4 Å². The third-order valence-corrected chi connectivity index (χ3v) is 6.55. The number of pyridine rings is 2. The number of amides is 1. The van der Waals surface area contributed by atoms with Crippen LogP contribution in [0, 0.1) is 0 Å². The number of aromatic nitrogens is 4. The molecule has 0 bridgehead atoms. The smallest absolute Gasteiger partial charge is 0.261 e. The summed E-state index contributed by atoms with van der Waals surface area (Å²) in [6, 6.07) is 22.1. The van der Waals surface area contributed by atoms with Gasteiger partial charge in [0, 0.05) is 29.7 Å². The van der Waals surface area contributed by atoms with E-state index in [-0.39, 0.29) is 24.4 Å². The molecule has 0 saturated heterocycles. The second kappa shape index (κ2) is 10.3. The van der Waals surface area contributed by atoms with Crippen LogP contribution in [0.1, 0.15) is 40.5 Å². The van der Waals surface area contributed by atoms with Crippen LogP contribution in [0.15, 0.2) is 89.7 Å². The van der Waals surface area contributed by atoms with Crippen molar-refractivity contribution >= 4 is 23.1 Å². The molecule has 2 aromatic carbocycles. The molecule has 10 nitrogen and oxygen atoms in total. The molecule has 1 unspecified atom stereocenters. The molecular weight excluding hydrogens is 494 g/mol. The third-order valence-electron chi connectivity index (χ3n) is 6.55. The van der Waals surface area contributed by atoms with Crippen molar-refractivity contribution < 1.29 is 14.4 Å². The van der Waals surface area contributed by atoms with Crippen molar-refractivity contribution in [2.24, 2.45) is 0 Å². The molecule has 10 heteroatoms. The van der Waals surface area contributed by atoms with E-state index in [1.807, 2.05) is 67.6 Å². The topological polar surface area (TPSA) is 138 Å². The predicted octanol–water partition coefficient (Wildman–Crippen LogP) is 4.89. The molecule has 1 amide bonds. The minimum atomic E-state index is -0.392. The largest absolute Gasteiger partial charge is 0.394 e. The van der Waals surface area contributed by atoms with Gasteiger partial charge in [0.05, 0.1) is 29.9 Å². The molecule has 194 valence electrons. The second-order valence-corrected chi connectivity index (χ2v) is 9.17. The van der Waals surface area contributed by atoms with Gasteiger partial charge >= 0.3 is 0 Å². The Morgan fingerprint density at radius 1 is 1.03 bits per heavy atom. The fraction of sp³-hybridized carbons (Fsp3) is 0.138. The SMILES string of the molecule is CC1NC(=O)c2ccc(Nc3cc(N[C@H](CO)c4ccccc4)c(-c4nc(-c5ccccn5)no4)cn3)cc21. The monoisotopic (exact) mass is 519 g/mol. The summed E-state index contributed by atoms with van der Waals surface area (Å²) in [6.45, 7) is 1.81. The van der Waals surface area contributed by atoms with Crippen molar-refractivity contribution in [3.63, 3.8) is 0 Å². The maximum absolute atomic E-state index is 12.1. The summed E-state index contributed by atoms with van der Waals surface area (Å²) >= 11 is 0. The number of benzene rings is 2. The number of nitrogens with zero attached hydrogens (tertiary/aromatic N) is 4. The first-order valence-electron chi connectivity index (χ1n) is 12.5. The fourth-order valence-corrected chi connectivity index (χ4v) is 4.56. The highest BCUT2D eigenvalue weighted by atomic mass is 16.5. The highest BCUT2D eigenvalue weighted by molar-refractivity contribution is 5.99. The van der Waals surface area contributed by atoms with Gasteiger partial charge in [0.25, 0.3) is 11.8 Å². The third kappa shape index (κ3) is 4.92. The summed E-state index contributed by atoms with van der Waals surface area (Å²) in [5.74, 6) is 1.10. The molecule has 4 heterocycles. The number of hydrogen-bond acceptors (Lipinski definition) is 9. The van der Waals surface area contributed by atoms with Crippen molar-refractivity contribution in [3.8, 4) is 23.0 Å². The molecule has 0 fully saturated rings. The van der Waals surface area contributed by atoms with E-state index in [9.17, 15) is 9.90 Å². The number of aliphatic hydroxyl groups excluding tert-OH is 1. The number of nitrogens with one attached hydrogen (secondary N) is 3. The van der Waals surface area contributed by atoms with Crippen LogP contribution in [-0.2, 0) is 0 Å². The first-order chi connectivity index (χ1) is 19.1. The Hall–Kier alpha value is -5.09. The van der Waals surface area contributed by atoms with Crippen molar-refractivity contribution in [1.29, 1.82) is 0 Å². The van der Waals surface area contributed by atoms with Gasteiger partial charge in [-0.1, -0.05) is 41.6 Å². The molecule has 1 aliphatic rings. The highest BCUT2D eigenvalue weighted by Gasteiger charge is 2.25. The van der Waals surface area contributed by atoms with Gasteiger partial charge in [0.15, 0.2) is 0 Å². The number of anilines is 3. The molecular formula is C29H25N7O3. The Bertz CT molecular complexity index is 1620. The Morgan fingerprint density at radius 2 is 1.87 bits per heavy atom. The lowest BCUT2D eigenvalue weighted by Gasteiger charge is -2.20. The quantitative estimate of drug-likeness (QED) is 0.226. The standard InChI is InChI=1S/C29H25N7O3/c1-17-21-13-19(10-11-20(21)28(38)32-17)33-26-14-24(34-25(16-37)18-7-3-2-4-8-18)22(15-31-26)29-35-27(36-39-29)23-9-5-6-12-30-23/h2-15,17,25,37H,16H2,1H3,(H,32,38)(H2,31,33,34)/t17?,25-/m1/s1. The molecule has 39 heavy (non-hydrogen) atoms. The van der Waals surface area contributed by atoms with Crippen molar-refractivity contribution in [2.45, 2.75) is 19.0 Å². The molecule has 0 saturated carbocycles. The van der Waals surface area contributed by atoms with Gasteiger partial charge in [0.2, 0.25) is 5.82 Å². The van der Waals surface area contributed by atoms with Gasteiger partial charge in [-0.05, 0) is 48.4 Å². The van der Waals surface area contributed by atoms with Crippen LogP contribution in [0.5, 0.6) is 0 Å². The fourth-order valence-electron chi connectivity index (χ4n) is 4.56. The van der Waals surface area contributed by atoms with Gasteiger partial charge in [0.1, 0.15) is 11.5 Å². The Kier molecular flexibility index (Phi) is 6.44. The lowest BCUT2D eigenvalue weighted by molar-refractivity contribution is 0.0958. The number of hydrogen-bond donors (Lipinski definition) is 4. The second-order valence-electron chi connectivity index (χ2n) is 9.17. The van der Waals surface area contributed by atoms with Crippen LogP contribution < -0.4 is 16.0 Å². The van der Waals surface area contributed by atoms with Gasteiger partial charge in [-0.2, -0.15) is 4.98 Å². The van der Waals surface area contributed by atoms with E-state index >= 15 is 0 Å². The summed E-state index contributed by atoms with van der Waals surface area (Å²) in [6.07, 6.45) is 3.30. The van der Waals surface area contributed by atoms with Gasteiger partial charge < -0.3 is 25.6 Å². The van der Waals surface area contributed by atoms with Crippen LogP contribution in [0.2, 0.25) is 0 Å². The van der Waals surface area contributed by atoms with Crippen molar-refractivity contribution in [2.75, 3.05) is 17.2 Å². The van der Waals surface area contributed by atoms with E-state index in [1.165, 1.54) is 0 Å². The summed E-state index contributed by atoms with van der Waals surface area (Å²) < 4.78 is 5.59. The van der Waals surface area contributed by atoms with E-state index in [0.717, 1.165) is 16.8 Å². The average Bonchev–Trinajstić information content (AvgIpc) is 3.57. The molecule has 2 atom stereocenters. The normalized spacial score (nSPS) is 14.9. The van der Waals surface area contributed by atoms with Gasteiger partial charge in [-0.25, -0.2) is 4.98 Å². The number of aliphatic hydroxyl groups is 1. The molecule has 3 aromatic heterocycles. The van der Waals surface area contributed by atoms with E-state index in [0.29, 0.717) is 34.2 Å². The number of rotatable bonds is 8. The van der Waals surface area contributed by atoms with Gasteiger partial charge in [-0.15, -0.1) is 0 Å². The predicted molar refractivity (Wildman–Crippen MR) is 146 cm³/mol. The minimum Gasteiger partial charge on any atom is -0.394 e. The molecule has 6 rings (SSSR count). The van der Waals surface area contributed by atoms with E-state index in [1.54, 1.807) is 24.5 Å². The van der Waals surface area contributed by atoms with Gasteiger partial charge in [-0.3, -0.25) is 9.78 Å². The number of carbonyl (C=O) groups is 1. The molecule has 0 spiro atoms. The van der Waals surface area contributed by atoms with Crippen molar-refractivity contribution in [3.05, 3.63) is 102 Å². The zero-order chi connectivity index (χ0) is 26.8. The lowest BCUT2D eigenvalue weighted by atomic mass is 10.0. The van der Waals surface area contributed by atoms with E-state index in [2.05, 4.69) is 36.1 Å². The lowest BCUT2D eigenvalue weighted by Crippen LogP contribution is -2.16. The molecule has 4 N–H and O–H groups in total. The summed E-state index contributed by atoms with van der Waals surface area (Å²) in [5, 5.41) is 24.0. The summed E-state index contributed by atoms with van der Waals surface area (Å²) in [5.41, 5.74) is 5.11. The molecule has 0 radical (unpaired) electrons. The van der Waals surface area contributed by atoms with E-state index < -0.39 is 6.04 Å². The molecule has 1 aliphatic heterocycles. The average molecular weight is 520 g/mol. The Labute approximate surface area is 224 Å². The maximum atomic E-state index is 12.1. The first-order valence-corrected chi connectivity index (χ1v) is 12.5. The zero-order valence-electron chi connectivity index (χ0n) is 21.0. The van der Waals surface area contributed by atoms with E-state index in [4.69, 9.17) is 4.52 Å². The van der Waals surface area contributed by atoms with Crippen LogP contribution in [0.3, 0.4) is 0 Å². The van der Waals surface area contributed by atoms with Crippen LogP contribution in [0.4, 0.5) is 17.2 Å². The maximum Gasteiger partial charge on any atom is 0.261 e. The Morgan fingerprint density at radius 3 is 2.67 bits per heavy atom.